The summed E-state index contributed by atoms with van der Waals surface area (Å²) in [6.07, 6.45) is 6.49. The van der Waals surface area contributed by atoms with Crippen molar-refractivity contribution in [3.63, 3.8) is 0 Å². The second-order valence-corrected chi connectivity index (χ2v) is 8.34. The van der Waals surface area contributed by atoms with Crippen LogP contribution in [-0.4, -0.2) is 59.2 Å². The van der Waals surface area contributed by atoms with Crippen LogP contribution >= 0.6 is 0 Å². The van der Waals surface area contributed by atoms with Crippen molar-refractivity contribution in [2.75, 3.05) is 20.2 Å². The molecular formula is C22H26F2N4O4. The highest BCUT2D eigenvalue weighted by Crippen LogP contribution is 2.28. The Balaban J connectivity index is 1.44. The van der Waals surface area contributed by atoms with Crippen molar-refractivity contribution in [1.82, 2.24) is 20.4 Å². The molecule has 1 aromatic carbocycles. The lowest BCUT2D eigenvalue weighted by molar-refractivity contribution is -0.148. The Labute approximate surface area is 184 Å². The zero-order chi connectivity index (χ0) is 22.7. The van der Waals surface area contributed by atoms with E-state index < -0.39 is 29.5 Å². The Bertz CT molecular complexity index is 977. The number of carbonyl (C=O) groups excluding carboxylic acids is 2. The smallest absolute Gasteiger partial charge is 0.312 e. The molecule has 0 radical (unpaired) electrons. The van der Waals surface area contributed by atoms with Crippen LogP contribution in [0.3, 0.4) is 0 Å². The molecule has 10 heteroatoms. The largest absolute Gasteiger partial charge is 0.469 e. The Morgan fingerprint density at radius 3 is 2.66 bits per heavy atom. The molecule has 2 atom stereocenters. The summed E-state index contributed by atoms with van der Waals surface area (Å²) in [6, 6.07) is 3.17. The minimum absolute atomic E-state index is 0.106. The molecule has 1 aromatic heterocycles. The fraction of sp³-hybridized carbons (Fsp3) is 0.545. The van der Waals surface area contributed by atoms with Crippen LogP contribution in [0.5, 0.6) is 0 Å². The predicted molar refractivity (Wildman–Crippen MR) is 109 cm³/mol. The first kappa shape index (κ1) is 22.3. The van der Waals surface area contributed by atoms with Crippen LogP contribution < -0.4 is 5.32 Å². The molecule has 1 amide bonds. The van der Waals surface area contributed by atoms with Gasteiger partial charge in [-0.05, 0) is 37.5 Å². The summed E-state index contributed by atoms with van der Waals surface area (Å²) in [4.78, 5) is 31.5. The van der Waals surface area contributed by atoms with Crippen LogP contribution in [0.15, 0.2) is 22.7 Å². The molecule has 2 aliphatic rings. The first-order valence-corrected chi connectivity index (χ1v) is 10.9. The van der Waals surface area contributed by atoms with E-state index in [1.807, 2.05) is 0 Å². The van der Waals surface area contributed by atoms with Gasteiger partial charge in [-0.1, -0.05) is 24.4 Å². The maximum absolute atomic E-state index is 13.5. The standard InChI is InChI=1S/C22H26F2N4O4/c1-31-22(30)15-12-28(14-5-3-2-4-6-14)10-9-18(15)25-20(29)19-26-21(32-27-19)13-7-8-16(23)17(24)11-13/h7-8,11,14-15,18H,2-6,9-10,12H2,1H3,(H,25,29). The van der Waals surface area contributed by atoms with Crippen LogP contribution in [0.4, 0.5) is 8.78 Å². The molecule has 0 spiro atoms. The van der Waals surface area contributed by atoms with Crippen molar-refractivity contribution in [2.24, 2.45) is 5.92 Å². The lowest BCUT2D eigenvalue weighted by Gasteiger charge is -2.42. The maximum Gasteiger partial charge on any atom is 0.312 e. The number of piperidine rings is 1. The van der Waals surface area contributed by atoms with E-state index in [1.165, 1.54) is 32.4 Å². The highest BCUT2D eigenvalue weighted by molar-refractivity contribution is 5.91. The van der Waals surface area contributed by atoms with Gasteiger partial charge < -0.3 is 14.6 Å². The molecule has 2 fully saturated rings. The molecule has 1 N–H and O–H groups in total. The van der Waals surface area contributed by atoms with E-state index in [4.69, 9.17) is 9.26 Å². The minimum atomic E-state index is -1.06. The van der Waals surface area contributed by atoms with Crippen LogP contribution in [-0.2, 0) is 9.53 Å². The fourth-order valence-corrected chi connectivity index (χ4v) is 4.61. The number of likely N-dealkylation sites (tertiary alicyclic amines) is 1. The van der Waals surface area contributed by atoms with Gasteiger partial charge in [0.2, 0.25) is 0 Å². The number of ether oxygens (including phenoxy) is 1. The molecule has 2 unspecified atom stereocenters. The summed E-state index contributed by atoms with van der Waals surface area (Å²) in [5, 5.41) is 6.47. The fourth-order valence-electron chi connectivity index (χ4n) is 4.61. The van der Waals surface area contributed by atoms with Gasteiger partial charge in [0, 0.05) is 30.7 Å². The van der Waals surface area contributed by atoms with Crippen molar-refractivity contribution in [3.8, 4) is 11.5 Å². The number of carbonyl (C=O) groups is 2. The third kappa shape index (κ3) is 4.79. The number of halogens is 2. The summed E-state index contributed by atoms with van der Waals surface area (Å²) in [6.45, 7) is 1.30. The van der Waals surface area contributed by atoms with Gasteiger partial charge in [-0.25, -0.2) is 8.78 Å². The number of hydrogen-bond donors (Lipinski definition) is 1. The van der Waals surface area contributed by atoms with E-state index in [9.17, 15) is 18.4 Å². The lowest BCUT2D eigenvalue weighted by Crippen LogP contribution is -2.56. The Kier molecular flexibility index (Phi) is 6.78. The summed E-state index contributed by atoms with van der Waals surface area (Å²) in [7, 11) is 1.34. The minimum Gasteiger partial charge on any atom is -0.469 e. The van der Waals surface area contributed by atoms with Crippen LogP contribution in [0.1, 0.15) is 49.1 Å². The number of methoxy groups -OCH3 is 1. The summed E-state index contributed by atoms with van der Waals surface area (Å²) < 4.78 is 36.6. The van der Waals surface area contributed by atoms with Crippen molar-refractivity contribution >= 4 is 11.9 Å². The topological polar surface area (TPSA) is 97.6 Å². The molecule has 172 valence electrons. The van der Waals surface area contributed by atoms with E-state index in [0.717, 1.165) is 31.5 Å². The van der Waals surface area contributed by atoms with Gasteiger partial charge in [0.25, 0.3) is 17.6 Å². The quantitative estimate of drug-likeness (QED) is 0.703. The van der Waals surface area contributed by atoms with Crippen molar-refractivity contribution < 1.29 is 27.6 Å². The first-order chi connectivity index (χ1) is 15.5. The van der Waals surface area contributed by atoms with Crippen LogP contribution in [0, 0.1) is 17.6 Å². The SMILES string of the molecule is COC(=O)C1CN(C2CCCCC2)CCC1NC(=O)c1noc(-c2ccc(F)c(F)c2)n1. The van der Waals surface area contributed by atoms with Gasteiger partial charge in [-0.15, -0.1) is 0 Å². The number of nitrogens with one attached hydrogen (secondary N) is 1. The third-order valence-electron chi connectivity index (χ3n) is 6.35. The predicted octanol–water partition coefficient (Wildman–Crippen LogP) is 2.94. The Morgan fingerprint density at radius 1 is 1.16 bits per heavy atom. The van der Waals surface area contributed by atoms with E-state index in [0.29, 0.717) is 19.0 Å². The highest BCUT2D eigenvalue weighted by Gasteiger charge is 2.39. The normalized spacial score (nSPS) is 22.5. The Hall–Kier alpha value is -2.88. The Morgan fingerprint density at radius 2 is 1.94 bits per heavy atom. The number of rotatable bonds is 5. The summed E-state index contributed by atoms with van der Waals surface area (Å²) in [5.41, 5.74) is 0.156. The second-order valence-electron chi connectivity index (χ2n) is 8.34. The van der Waals surface area contributed by atoms with Gasteiger partial charge >= 0.3 is 5.97 Å². The number of esters is 1. The first-order valence-electron chi connectivity index (χ1n) is 10.9. The van der Waals surface area contributed by atoms with Gasteiger partial charge in [0.05, 0.1) is 13.0 Å². The van der Waals surface area contributed by atoms with Gasteiger partial charge in [0.15, 0.2) is 11.6 Å². The van der Waals surface area contributed by atoms with Gasteiger partial charge in [-0.3, -0.25) is 14.5 Å². The molecule has 4 rings (SSSR count). The van der Waals surface area contributed by atoms with Gasteiger partial charge in [-0.2, -0.15) is 4.98 Å². The molecule has 0 bridgehead atoms. The summed E-state index contributed by atoms with van der Waals surface area (Å²) in [5.74, 6) is -3.89. The van der Waals surface area contributed by atoms with E-state index in [1.54, 1.807) is 0 Å². The number of hydrogen-bond acceptors (Lipinski definition) is 7. The molecule has 1 saturated heterocycles. The molecule has 1 aliphatic carbocycles. The zero-order valence-corrected chi connectivity index (χ0v) is 17.9. The lowest BCUT2D eigenvalue weighted by atomic mass is 9.87. The molecular weight excluding hydrogens is 422 g/mol. The van der Waals surface area contributed by atoms with Crippen molar-refractivity contribution in [1.29, 1.82) is 0 Å². The molecule has 1 saturated carbocycles. The number of aromatic nitrogens is 2. The van der Waals surface area contributed by atoms with Crippen molar-refractivity contribution in [3.05, 3.63) is 35.7 Å². The van der Waals surface area contributed by atoms with E-state index in [2.05, 4.69) is 20.4 Å². The van der Waals surface area contributed by atoms with Crippen molar-refractivity contribution in [2.45, 2.75) is 50.6 Å². The number of amides is 1. The average Bonchev–Trinajstić information content (AvgIpc) is 3.32. The molecule has 2 heterocycles. The van der Waals surface area contributed by atoms with Crippen LogP contribution in [0.25, 0.3) is 11.5 Å². The van der Waals surface area contributed by atoms with Gasteiger partial charge in [0.1, 0.15) is 0 Å². The maximum atomic E-state index is 13.5. The van der Waals surface area contributed by atoms with E-state index in [-0.39, 0.29) is 23.2 Å². The summed E-state index contributed by atoms with van der Waals surface area (Å²) >= 11 is 0. The molecule has 1 aliphatic heterocycles. The zero-order valence-electron chi connectivity index (χ0n) is 17.9. The second kappa shape index (κ2) is 9.72. The van der Waals surface area contributed by atoms with E-state index >= 15 is 0 Å². The highest BCUT2D eigenvalue weighted by atomic mass is 19.2. The van der Waals surface area contributed by atoms with Crippen LogP contribution in [0.2, 0.25) is 0 Å². The number of nitrogens with zero attached hydrogens (tertiary/aromatic N) is 3. The molecule has 32 heavy (non-hydrogen) atoms. The third-order valence-corrected chi connectivity index (χ3v) is 6.35. The molecule has 8 nitrogen and oxygen atoms in total. The monoisotopic (exact) mass is 448 g/mol. The molecule has 2 aromatic rings. The number of benzene rings is 1. The average molecular weight is 448 g/mol.